The summed E-state index contributed by atoms with van der Waals surface area (Å²) < 4.78 is 0. The monoisotopic (exact) mass is 278 g/mol. The lowest BCUT2D eigenvalue weighted by molar-refractivity contribution is -0.143. The fourth-order valence-electron chi connectivity index (χ4n) is 2.69. The Kier molecular flexibility index (Phi) is 3.92. The van der Waals surface area contributed by atoms with E-state index in [-0.39, 0.29) is 5.56 Å². The number of carbonyl (C=O) groups excluding carboxylic acids is 1. The predicted octanol–water partition coefficient (Wildman–Crippen LogP) is 1.07. The summed E-state index contributed by atoms with van der Waals surface area (Å²) in [4.78, 5) is 39.6. The number of carboxylic acids is 1. The Labute approximate surface area is 116 Å². The number of carboxylic acid groups (broad SMARTS) is 1. The molecule has 0 bridgehead atoms. The van der Waals surface area contributed by atoms with Gasteiger partial charge in [-0.1, -0.05) is 0 Å². The lowest BCUT2D eigenvalue weighted by Gasteiger charge is -2.33. The maximum absolute atomic E-state index is 12.5. The van der Waals surface area contributed by atoms with Crippen LogP contribution in [0.25, 0.3) is 0 Å². The number of aromatic amines is 1. The van der Waals surface area contributed by atoms with Gasteiger partial charge in [0.15, 0.2) is 0 Å². The van der Waals surface area contributed by atoms with E-state index in [1.54, 1.807) is 19.9 Å². The Hall–Kier alpha value is -2.11. The van der Waals surface area contributed by atoms with Crippen molar-refractivity contribution in [1.82, 2.24) is 9.88 Å². The summed E-state index contributed by atoms with van der Waals surface area (Å²) in [6, 6.07) is 0.880. The normalized spacial score (nSPS) is 18.9. The lowest BCUT2D eigenvalue weighted by atomic mass is 10.00. The van der Waals surface area contributed by atoms with Crippen molar-refractivity contribution in [1.29, 1.82) is 0 Å². The third-order valence-corrected chi connectivity index (χ3v) is 3.63. The number of nitrogens with one attached hydrogen (secondary N) is 1. The van der Waals surface area contributed by atoms with Gasteiger partial charge in [0.25, 0.3) is 11.5 Å². The molecule has 0 saturated carbocycles. The van der Waals surface area contributed by atoms with Crippen LogP contribution in [-0.2, 0) is 4.79 Å². The minimum atomic E-state index is -1.01. The highest BCUT2D eigenvalue weighted by Crippen LogP contribution is 2.20. The average molecular weight is 278 g/mol. The topological polar surface area (TPSA) is 90.5 Å². The number of aryl methyl sites for hydroxylation is 2. The van der Waals surface area contributed by atoms with E-state index in [0.717, 1.165) is 12.8 Å². The molecule has 1 amide bonds. The molecule has 2 heterocycles. The summed E-state index contributed by atoms with van der Waals surface area (Å²) in [7, 11) is 0. The molecule has 1 aliphatic heterocycles. The van der Waals surface area contributed by atoms with Crippen molar-refractivity contribution in [3.05, 3.63) is 33.2 Å². The van der Waals surface area contributed by atoms with Crippen molar-refractivity contribution in [3.8, 4) is 0 Å². The zero-order chi connectivity index (χ0) is 14.9. The van der Waals surface area contributed by atoms with Crippen molar-refractivity contribution in [3.63, 3.8) is 0 Å². The fourth-order valence-corrected chi connectivity index (χ4v) is 2.69. The van der Waals surface area contributed by atoms with E-state index in [0.29, 0.717) is 24.2 Å². The molecule has 1 aromatic heterocycles. The van der Waals surface area contributed by atoms with E-state index >= 15 is 0 Å². The molecule has 1 aromatic rings. The fraction of sp³-hybridized carbons (Fsp3) is 0.500. The van der Waals surface area contributed by atoms with Gasteiger partial charge in [0, 0.05) is 12.2 Å². The molecule has 0 aliphatic carbocycles. The zero-order valence-corrected chi connectivity index (χ0v) is 11.6. The second kappa shape index (κ2) is 5.48. The van der Waals surface area contributed by atoms with Crippen LogP contribution >= 0.6 is 0 Å². The highest BCUT2D eigenvalue weighted by Gasteiger charge is 2.34. The lowest BCUT2D eigenvalue weighted by Crippen LogP contribution is -2.49. The number of aliphatic carboxylic acids is 1. The number of amides is 1. The molecule has 108 valence electrons. The maximum Gasteiger partial charge on any atom is 0.326 e. The van der Waals surface area contributed by atoms with Crippen LogP contribution in [0.4, 0.5) is 0 Å². The molecule has 2 rings (SSSR count). The van der Waals surface area contributed by atoms with E-state index in [1.807, 2.05) is 0 Å². The van der Waals surface area contributed by atoms with Crippen LogP contribution in [0, 0.1) is 13.8 Å². The number of hydrogen-bond donors (Lipinski definition) is 2. The Morgan fingerprint density at radius 3 is 2.65 bits per heavy atom. The van der Waals surface area contributed by atoms with Gasteiger partial charge in [-0.3, -0.25) is 9.59 Å². The molecule has 20 heavy (non-hydrogen) atoms. The summed E-state index contributed by atoms with van der Waals surface area (Å²) in [5.74, 6) is -1.50. The number of H-pyrrole nitrogens is 1. The number of aromatic nitrogens is 1. The molecule has 6 heteroatoms. The van der Waals surface area contributed by atoms with Crippen LogP contribution in [0.1, 0.15) is 40.9 Å². The standard InChI is InChI=1S/C14H18N2O4/c1-8-7-9(2)15-12(17)11(8)13(18)16-6-4-3-5-10(16)14(19)20/h7,10H,3-6H2,1-2H3,(H,15,17)(H,19,20). The quantitative estimate of drug-likeness (QED) is 0.846. The van der Waals surface area contributed by atoms with Crippen LogP contribution in [0.15, 0.2) is 10.9 Å². The number of hydrogen-bond acceptors (Lipinski definition) is 3. The SMILES string of the molecule is Cc1cc(C)c(C(=O)N2CCCCC2C(=O)O)c(=O)[nH]1. The molecule has 6 nitrogen and oxygen atoms in total. The molecular weight excluding hydrogens is 260 g/mol. The Bertz CT molecular complexity index is 606. The first-order chi connectivity index (χ1) is 9.41. The minimum Gasteiger partial charge on any atom is -0.480 e. The van der Waals surface area contributed by atoms with Crippen LogP contribution in [0.5, 0.6) is 0 Å². The number of carbonyl (C=O) groups is 2. The largest absolute Gasteiger partial charge is 0.480 e. The molecule has 1 aliphatic rings. The van der Waals surface area contributed by atoms with Crippen molar-refractivity contribution < 1.29 is 14.7 Å². The van der Waals surface area contributed by atoms with E-state index in [1.165, 1.54) is 4.90 Å². The van der Waals surface area contributed by atoms with E-state index in [2.05, 4.69) is 4.98 Å². The van der Waals surface area contributed by atoms with E-state index in [9.17, 15) is 19.5 Å². The van der Waals surface area contributed by atoms with Crippen LogP contribution < -0.4 is 5.56 Å². The smallest absolute Gasteiger partial charge is 0.326 e. The maximum atomic E-state index is 12.5. The second-order valence-electron chi connectivity index (χ2n) is 5.19. The van der Waals surface area contributed by atoms with Crippen molar-refractivity contribution in [2.24, 2.45) is 0 Å². The minimum absolute atomic E-state index is 0.0451. The van der Waals surface area contributed by atoms with Crippen LogP contribution in [0.2, 0.25) is 0 Å². The molecule has 0 spiro atoms. The predicted molar refractivity (Wildman–Crippen MR) is 72.8 cm³/mol. The van der Waals surface area contributed by atoms with E-state index < -0.39 is 23.5 Å². The summed E-state index contributed by atoms with van der Waals surface area (Å²) in [5.41, 5.74) is 0.842. The molecule has 1 fully saturated rings. The first-order valence-corrected chi connectivity index (χ1v) is 6.66. The van der Waals surface area contributed by atoms with E-state index in [4.69, 9.17) is 0 Å². The molecular formula is C14H18N2O4. The van der Waals surface area contributed by atoms with Crippen LogP contribution in [-0.4, -0.2) is 39.5 Å². The number of piperidine rings is 1. The number of rotatable bonds is 2. The van der Waals surface area contributed by atoms with Gasteiger partial charge < -0.3 is 15.0 Å². The summed E-state index contributed by atoms with van der Waals surface area (Å²) >= 11 is 0. The van der Waals surface area contributed by atoms with Crippen molar-refractivity contribution in [2.45, 2.75) is 39.2 Å². The van der Waals surface area contributed by atoms with Gasteiger partial charge in [0.1, 0.15) is 11.6 Å². The van der Waals surface area contributed by atoms with Gasteiger partial charge >= 0.3 is 5.97 Å². The molecule has 1 atom stereocenters. The molecule has 2 N–H and O–H groups in total. The average Bonchev–Trinajstić information content (AvgIpc) is 2.37. The van der Waals surface area contributed by atoms with Gasteiger partial charge in [0.2, 0.25) is 0 Å². The molecule has 1 saturated heterocycles. The third-order valence-electron chi connectivity index (χ3n) is 3.63. The summed E-state index contributed by atoms with van der Waals surface area (Å²) in [5, 5.41) is 9.21. The molecule has 0 radical (unpaired) electrons. The Balaban J connectivity index is 2.40. The van der Waals surface area contributed by atoms with Crippen LogP contribution in [0.3, 0.4) is 0 Å². The van der Waals surface area contributed by atoms with Gasteiger partial charge in [-0.25, -0.2) is 4.79 Å². The van der Waals surface area contributed by atoms with Gasteiger partial charge in [0.05, 0.1) is 0 Å². The van der Waals surface area contributed by atoms with Gasteiger partial charge in [-0.2, -0.15) is 0 Å². The third kappa shape index (κ3) is 2.59. The summed E-state index contributed by atoms with van der Waals surface area (Å²) in [6.45, 7) is 3.81. The second-order valence-corrected chi connectivity index (χ2v) is 5.19. The number of pyridine rings is 1. The van der Waals surface area contributed by atoms with Gasteiger partial charge in [-0.05, 0) is 44.7 Å². The summed E-state index contributed by atoms with van der Waals surface area (Å²) in [6.07, 6.45) is 1.98. The first-order valence-electron chi connectivity index (χ1n) is 6.66. The van der Waals surface area contributed by atoms with Crippen molar-refractivity contribution in [2.75, 3.05) is 6.54 Å². The highest BCUT2D eigenvalue weighted by molar-refractivity contribution is 5.97. The highest BCUT2D eigenvalue weighted by atomic mass is 16.4. The molecule has 1 unspecified atom stereocenters. The Morgan fingerprint density at radius 1 is 1.35 bits per heavy atom. The Morgan fingerprint density at radius 2 is 2.05 bits per heavy atom. The molecule has 0 aromatic carbocycles. The zero-order valence-electron chi connectivity index (χ0n) is 11.6. The van der Waals surface area contributed by atoms with Gasteiger partial charge in [-0.15, -0.1) is 0 Å². The van der Waals surface area contributed by atoms with Crippen molar-refractivity contribution >= 4 is 11.9 Å². The number of nitrogens with zero attached hydrogens (tertiary/aromatic N) is 1. The first kappa shape index (κ1) is 14.3. The number of likely N-dealkylation sites (tertiary alicyclic amines) is 1.